The molecule has 0 atom stereocenters. The molecule has 0 unspecified atom stereocenters. The standard InChI is InChI=1S/C13H19N3O2/c1-9-2-7-12(15-8-9)18-11-5-3-10(4-6-11)13(17)16-14/h2,7-8,10-11H,3-6,14H2,1H3,(H,16,17). The average molecular weight is 249 g/mol. The molecule has 1 aromatic heterocycles. The van der Waals surface area contributed by atoms with E-state index in [2.05, 4.69) is 10.4 Å². The molecule has 3 N–H and O–H groups in total. The second kappa shape index (κ2) is 5.82. The molecule has 2 rings (SSSR count). The van der Waals surface area contributed by atoms with Gasteiger partial charge in [-0.3, -0.25) is 10.2 Å². The first-order valence-electron chi connectivity index (χ1n) is 6.29. The van der Waals surface area contributed by atoms with E-state index in [9.17, 15) is 4.79 Å². The van der Waals surface area contributed by atoms with Crippen molar-refractivity contribution in [2.75, 3.05) is 0 Å². The minimum atomic E-state index is -0.0677. The Labute approximate surface area is 107 Å². The number of hydrogen-bond donors (Lipinski definition) is 2. The SMILES string of the molecule is Cc1ccc(OC2CCC(C(=O)NN)CC2)nc1. The van der Waals surface area contributed by atoms with Crippen LogP contribution in [-0.2, 0) is 4.79 Å². The number of amides is 1. The Kier molecular flexibility index (Phi) is 4.15. The van der Waals surface area contributed by atoms with Crippen LogP contribution < -0.4 is 16.0 Å². The van der Waals surface area contributed by atoms with E-state index < -0.39 is 0 Å². The summed E-state index contributed by atoms with van der Waals surface area (Å²) in [7, 11) is 0. The molecule has 98 valence electrons. The summed E-state index contributed by atoms with van der Waals surface area (Å²) in [5.74, 6) is 5.75. The first kappa shape index (κ1) is 12.8. The van der Waals surface area contributed by atoms with Gasteiger partial charge in [-0.2, -0.15) is 0 Å². The maximum absolute atomic E-state index is 11.4. The number of nitrogens with two attached hydrogens (primary N) is 1. The maximum atomic E-state index is 11.4. The number of pyridine rings is 1. The second-order valence-corrected chi connectivity index (χ2v) is 4.77. The van der Waals surface area contributed by atoms with Crippen LogP contribution in [0, 0.1) is 12.8 Å². The molecule has 0 spiro atoms. The van der Waals surface area contributed by atoms with Crippen LogP contribution in [0.1, 0.15) is 31.2 Å². The summed E-state index contributed by atoms with van der Waals surface area (Å²) >= 11 is 0. The molecular weight excluding hydrogens is 230 g/mol. The van der Waals surface area contributed by atoms with E-state index in [1.54, 1.807) is 6.20 Å². The van der Waals surface area contributed by atoms with Gasteiger partial charge in [-0.1, -0.05) is 6.07 Å². The Balaban J connectivity index is 1.83. The van der Waals surface area contributed by atoms with Gasteiger partial charge in [-0.05, 0) is 38.2 Å². The number of ether oxygens (including phenoxy) is 1. The number of nitrogens with zero attached hydrogens (tertiary/aromatic N) is 1. The Hall–Kier alpha value is -1.62. The number of carbonyl (C=O) groups is 1. The summed E-state index contributed by atoms with van der Waals surface area (Å²) in [6.45, 7) is 1.99. The lowest BCUT2D eigenvalue weighted by Crippen LogP contribution is -2.38. The number of nitrogens with one attached hydrogen (secondary N) is 1. The highest BCUT2D eigenvalue weighted by Gasteiger charge is 2.26. The molecule has 1 aliphatic carbocycles. The highest BCUT2D eigenvalue weighted by Crippen LogP contribution is 2.27. The third kappa shape index (κ3) is 3.20. The molecule has 1 amide bonds. The van der Waals surface area contributed by atoms with Gasteiger partial charge < -0.3 is 4.74 Å². The molecule has 0 saturated heterocycles. The molecule has 1 aromatic rings. The Bertz CT molecular complexity index is 397. The monoisotopic (exact) mass is 249 g/mol. The molecule has 5 nitrogen and oxygen atoms in total. The van der Waals surface area contributed by atoms with E-state index in [4.69, 9.17) is 10.6 Å². The zero-order valence-electron chi connectivity index (χ0n) is 10.6. The Morgan fingerprint density at radius 1 is 1.39 bits per heavy atom. The first-order valence-corrected chi connectivity index (χ1v) is 6.29. The van der Waals surface area contributed by atoms with Crippen LogP contribution in [0.2, 0.25) is 0 Å². The summed E-state index contributed by atoms with van der Waals surface area (Å²) < 4.78 is 5.80. The molecule has 0 aliphatic heterocycles. The zero-order chi connectivity index (χ0) is 13.0. The van der Waals surface area contributed by atoms with Crippen molar-refractivity contribution in [3.63, 3.8) is 0 Å². The van der Waals surface area contributed by atoms with Crippen molar-refractivity contribution in [3.8, 4) is 5.88 Å². The first-order chi connectivity index (χ1) is 8.69. The Morgan fingerprint density at radius 2 is 2.11 bits per heavy atom. The zero-order valence-corrected chi connectivity index (χ0v) is 10.6. The summed E-state index contributed by atoms with van der Waals surface area (Å²) in [4.78, 5) is 15.6. The van der Waals surface area contributed by atoms with Gasteiger partial charge in [0.1, 0.15) is 6.10 Å². The highest BCUT2D eigenvalue weighted by molar-refractivity contribution is 5.77. The van der Waals surface area contributed by atoms with Crippen LogP contribution in [-0.4, -0.2) is 17.0 Å². The third-order valence-electron chi connectivity index (χ3n) is 3.36. The van der Waals surface area contributed by atoms with Crippen molar-refractivity contribution in [2.45, 2.75) is 38.7 Å². The summed E-state index contributed by atoms with van der Waals surface area (Å²) in [6, 6.07) is 3.86. The Morgan fingerprint density at radius 3 is 2.67 bits per heavy atom. The van der Waals surface area contributed by atoms with Crippen molar-refractivity contribution < 1.29 is 9.53 Å². The fraction of sp³-hybridized carbons (Fsp3) is 0.538. The van der Waals surface area contributed by atoms with E-state index in [1.807, 2.05) is 19.1 Å². The molecule has 1 saturated carbocycles. The topological polar surface area (TPSA) is 77.2 Å². The van der Waals surface area contributed by atoms with E-state index in [0.717, 1.165) is 31.2 Å². The smallest absolute Gasteiger partial charge is 0.236 e. The van der Waals surface area contributed by atoms with Gasteiger partial charge in [0.05, 0.1) is 0 Å². The lowest BCUT2D eigenvalue weighted by molar-refractivity contribution is -0.126. The van der Waals surface area contributed by atoms with E-state index >= 15 is 0 Å². The number of hydrazine groups is 1. The molecule has 0 radical (unpaired) electrons. The highest BCUT2D eigenvalue weighted by atomic mass is 16.5. The largest absolute Gasteiger partial charge is 0.474 e. The van der Waals surface area contributed by atoms with Crippen molar-refractivity contribution in [1.82, 2.24) is 10.4 Å². The van der Waals surface area contributed by atoms with Crippen LogP contribution in [0.4, 0.5) is 0 Å². The molecule has 1 aliphatic rings. The maximum Gasteiger partial charge on any atom is 0.236 e. The quantitative estimate of drug-likeness (QED) is 0.481. The summed E-state index contributed by atoms with van der Waals surface area (Å²) in [5, 5.41) is 0. The van der Waals surface area contributed by atoms with Gasteiger partial charge in [-0.15, -0.1) is 0 Å². The van der Waals surface area contributed by atoms with Crippen LogP contribution in [0.5, 0.6) is 5.88 Å². The predicted octanol–water partition coefficient (Wildman–Crippen LogP) is 1.32. The van der Waals surface area contributed by atoms with Crippen molar-refractivity contribution in [3.05, 3.63) is 23.9 Å². The summed E-state index contributed by atoms with van der Waals surface area (Å²) in [6.07, 6.45) is 5.32. The average Bonchev–Trinajstić information content (AvgIpc) is 2.41. The number of aryl methyl sites for hydroxylation is 1. The van der Waals surface area contributed by atoms with Gasteiger partial charge in [-0.25, -0.2) is 10.8 Å². The lowest BCUT2D eigenvalue weighted by atomic mass is 9.87. The minimum absolute atomic E-state index is 0.0285. The molecule has 0 aromatic carbocycles. The summed E-state index contributed by atoms with van der Waals surface area (Å²) in [5.41, 5.74) is 3.33. The van der Waals surface area contributed by atoms with Gasteiger partial charge >= 0.3 is 0 Å². The second-order valence-electron chi connectivity index (χ2n) is 4.77. The fourth-order valence-corrected chi connectivity index (χ4v) is 2.26. The predicted molar refractivity (Wildman–Crippen MR) is 67.7 cm³/mol. The van der Waals surface area contributed by atoms with Crippen molar-refractivity contribution in [1.29, 1.82) is 0 Å². The van der Waals surface area contributed by atoms with Gasteiger partial charge in [0, 0.05) is 18.2 Å². The van der Waals surface area contributed by atoms with Crippen LogP contribution in [0.25, 0.3) is 0 Å². The van der Waals surface area contributed by atoms with E-state index in [1.165, 1.54) is 0 Å². The van der Waals surface area contributed by atoms with Gasteiger partial charge in [0.2, 0.25) is 11.8 Å². The third-order valence-corrected chi connectivity index (χ3v) is 3.36. The molecular formula is C13H19N3O2. The number of rotatable bonds is 3. The number of aromatic nitrogens is 1. The molecule has 1 fully saturated rings. The lowest BCUT2D eigenvalue weighted by Gasteiger charge is -2.27. The minimum Gasteiger partial charge on any atom is -0.474 e. The molecule has 0 bridgehead atoms. The number of hydrogen-bond acceptors (Lipinski definition) is 4. The van der Waals surface area contributed by atoms with Gasteiger partial charge in [0.25, 0.3) is 0 Å². The fourth-order valence-electron chi connectivity index (χ4n) is 2.26. The van der Waals surface area contributed by atoms with Gasteiger partial charge in [0.15, 0.2) is 0 Å². The number of carbonyl (C=O) groups excluding carboxylic acids is 1. The molecule has 18 heavy (non-hydrogen) atoms. The van der Waals surface area contributed by atoms with E-state index in [0.29, 0.717) is 5.88 Å². The van der Waals surface area contributed by atoms with E-state index in [-0.39, 0.29) is 17.9 Å². The molecule has 5 heteroatoms. The molecule has 1 heterocycles. The van der Waals surface area contributed by atoms with Crippen LogP contribution in [0.15, 0.2) is 18.3 Å². The van der Waals surface area contributed by atoms with Crippen LogP contribution in [0.3, 0.4) is 0 Å². The van der Waals surface area contributed by atoms with Crippen molar-refractivity contribution in [2.24, 2.45) is 11.8 Å². The van der Waals surface area contributed by atoms with Crippen molar-refractivity contribution >= 4 is 5.91 Å². The normalized spacial score (nSPS) is 23.4. The van der Waals surface area contributed by atoms with Crippen LogP contribution >= 0.6 is 0 Å².